The molecule has 5 nitrogen and oxygen atoms in total. The Labute approximate surface area is 173 Å². The Bertz CT molecular complexity index is 1040. The number of rotatable bonds is 5. The fourth-order valence-corrected chi connectivity index (χ4v) is 4.39. The van der Waals surface area contributed by atoms with Gasteiger partial charge >= 0.3 is 0 Å². The number of thioether (sulfide) groups is 1. The fraction of sp³-hybridized carbons (Fsp3) is 0.273. The first-order valence-corrected chi connectivity index (χ1v) is 10.6. The van der Waals surface area contributed by atoms with Crippen molar-refractivity contribution in [1.29, 1.82) is 0 Å². The van der Waals surface area contributed by atoms with Gasteiger partial charge in [0, 0.05) is 48.3 Å². The van der Waals surface area contributed by atoms with E-state index in [0.29, 0.717) is 41.8 Å². The molecule has 0 atom stereocenters. The van der Waals surface area contributed by atoms with Gasteiger partial charge in [-0.05, 0) is 24.3 Å². The van der Waals surface area contributed by atoms with E-state index in [2.05, 4.69) is 10.3 Å². The van der Waals surface area contributed by atoms with Gasteiger partial charge in [-0.15, -0.1) is 0 Å². The van der Waals surface area contributed by atoms with Crippen LogP contribution in [-0.4, -0.2) is 47.5 Å². The van der Waals surface area contributed by atoms with Crippen LogP contribution in [0, 0.1) is 5.82 Å². The number of nitrogens with one attached hydrogen (secondary N) is 1. The van der Waals surface area contributed by atoms with Crippen molar-refractivity contribution in [3.63, 3.8) is 0 Å². The highest BCUT2D eigenvalue weighted by Gasteiger charge is 2.23. The van der Waals surface area contributed by atoms with Gasteiger partial charge in [0.25, 0.3) is 5.91 Å². The molecule has 1 aliphatic heterocycles. The number of carbonyl (C=O) groups is 1. The van der Waals surface area contributed by atoms with E-state index in [1.54, 1.807) is 19.4 Å². The summed E-state index contributed by atoms with van der Waals surface area (Å²) in [5, 5.41) is 3.95. The van der Waals surface area contributed by atoms with E-state index in [4.69, 9.17) is 4.74 Å². The maximum absolute atomic E-state index is 14.0. The summed E-state index contributed by atoms with van der Waals surface area (Å²) >= 11 is 1.84. The third-order valence-electron chi connectivity index (χ3n) is 5.01. The number of nitrogens with zero attached hydrogens (tertiary/aromatic N) is 2. The molecule has 0 aliphatic carbocycles. The monoisotopic (exact) mass is 411 g/mol. The first kappa shape index (κ1) is 19.5. The molecule has 0 unspecified atom stereocenters. The zero-order valence-corrected chi connectivity index (χ0v) is 17.0. The number of aromatic nitrogens is 1. The Morgan fingerprint density at radius 1 is 1.24 bits per heavy atom. The van der Waals surface area contributed by atoms with Crippen LogP contribution in [0.5, 0.6) is 5.75 Å². The molecule has 1 aromatic heterocycles. The molecule has 0 saturated carbocycles. The van der Waals surface area contributed by atoms with Gasteiger partial charge in [0.2, 0.25) is 0 Å². The molecule has 1 aliphatic rings. The van der Waals surface area contributed by atoms with Gasteiger partial charge in [-0.1, -0.05) is 18.2 Å². The van der Waals surface area contributed by atoms with E-state index in [1.165, 1.54) is 12.1 Å². The molecule has 0 spiro atoms. The van der Waals surface area contributed by atoms with E-state index in [-0.39, 0.29) is 11.7 Å². The summed E-state index contributed by atoms with van der Waals surface area (Å²) in [7, 11) is 1.62. The number of carbonyl (C=O) groups excluding carboxylic acids is 1. The van der Waals surface area contributed by atoms with Crippen molar-refractivity contribution in [2.24, 2.45) is 0 Å². The van der Waals surface area contributed by atoms with Crippen LogP contribution < -0.4 is 10.1 Å². The predicted octanol–water partition coefficient (Wildman–Crippen LogP) is 4.18. The number of pyridine rings is 1. The van der Waals surface area contributed by atoms with Crippen LogP contribution in [0.1, 0.15) is 15.9 Å². The lowest BCUT2D eigenvalue weighted by atomic mass is 10.1. The standard InChI is InChI=1S/C22H22FN3O2S/c1-28-20-5-3-2-4-15(20)13-25-21-17-12-16(23)6-7-19(17)24-14-18(21)22(27)26-8-10-29-11-9-26/h2-7,12,14H,8-11,13H2,1H3,(H,24,25). The molecule has 0 radical (unpaired) electrons. The average molecular weight is 412 g/mol. The van der Waals surface area contributed by atoms with Crippen molar-refractivity contribution < 1.29 is 13.9 Å². The van der Waals surface area contributed by atoms with Crippen LogP contribution in [0.25, 0.3) is 10.9 Å². The second-order valence-corrected chi connectivity index (χ2v) is 8.00. The van der Waals surface area contributed by atoms with Gasteiger partial charge in [-0.3, -0.25) is 9.78 Å². The summed E-state index contributed by atoms with van der Waals surface area (Å²) < 4.78 is 19.4. The van der Waals surface area contributed by atoms with Crippen molar-refractivity contribution in [3.8, 4) is 5.75 Å². The number of hydrogen-bond acceptors (Lipinski definition) is 5. The summed E-state index contributed by atoms with van der Waals surface area (Å²) in [4.78, 5) is 19.4. The zero-order chi connectivity index (χ0) is 20.2. The largest absolute Gasteiger partial charge is 0.496 e. The molecular weight excluding hydrogens is 389 g/mol. The molecule has 1 amide bonds. The molecular formula is C22H22FN3O2S. The Morgan fingerprint density at radius 3 is 2.83 bits per heavy atom. The highest BCUT2D eigenvalue weighted by molar-refractivity contribution is 7.99. The van der Waals surface area contributed by atoms with Gasteiger partial charge in [0.15, 0.2) is 0 Å². The minimum Gasteiger partial charge on any atom is -0.496 e. The number of benzene rings is 2. The molecule has 2 heterocycles. The van der Waals surface area contributed by atoms with Crippen molar-refractivity contribution in [3.05, 3.63) is 65.6 Å². The number of ether oxygens (including phenoxy) is 1. The molecule has 29 heavy (non-hydrogen) atoms. The van der Waals surface area contributed by atoms with E-state index < -0.39 is 0 Å². The molecule has 3 aromatic rings. The number of fused-ring (bicyclic) bond motifs is 1. The van der Waals surface area contributed by atoms with E-state index in [9.17, 15) is 9.18 Å². The summed E-state index contributed by atoms with van der Waals surface area (Å²) in [6.45, 7) is 1.85. The molecule has 1 N–H and O–H groups in total. The van der Waals surface area contributed by atoms with E-state index >= 15 is 0 Å². The second-order valence-electron chi connectivity index (χ2n) is 6.78. The van der Waals surface area contributed by atoms with Crippen molar-refractivity contribution in [1.82, 2.24) is 9.88 Å². The Kier molecular flexibility index (Phi) is 5.85. The summed E-state index contributed by atoms with van der Waals surface area (Å²) in [6.07, 6.45) is 1.59. The number of amides is 1. The molecule has 1 saturated heterocycles. The number of para-hydroxylation sites is 1. The number of methoxy groups -OCH3 is 1. The molecule has 2 aromatic carbocycles. The van der Waals surface area contributed by atoms with Crippen LogP contribution >= 0.6 is 11.8 Å². The van der Waals surface area contributed by atoms with E-state index in [1.807, 2.05) is 40.9 Å². The summed E-state index contributed by atoms with van der Waals surface area (Å²) in [5.41, 5.74) is 2.65. The van der Waals surface area contributed by atoms with Crippen LogP contribution in [0.15, 0.2) is 48.7 Å². The highest BCUT2D eigenvalue weighted by Crippen LogP contribution is 2.30. The number of hydrogen-bond donors (Lipinski definition) is 1. The first-order valence-electron chi connectivity index (χ1n) is 9.48. The number of halogens is 1. The zero-order valence-electron chi connectivity index (χ0n) is 16.2. The molecule has 7 heteroatoms. The van der Waals surface area contributed by atoms with Gasteiger partial charge < -0.3 is 15.0 Å². The molecule has 4 rings (SSSR count). The maximum Gasteiger partial charge on any atom is 0.257 e. The fourth-order valence-electron chi connectivity index (χ4n) is 3.49. The summed E-state index contributed by atoms with van der Waals surface area (Å²) in [5.74, 6) is 2.16. The summed E-state index contributed by atoms with van der Waals surface area (Å²) in [6, 6.07) is 12.1. The van der Waals surface area contributed by atoms with Gasteiger partial charge in [0.1, 0.15) is 11.6 Å². The quantitative estimate of drug-likeness (QED) is 0.683. The second kappa shape index (κ2) is 8.69. The normalized spacial score (nSPS) is 14.1. The Balaban J connectivity index is 1.74. The van der Waals surface area contributed by atoms with Gasteiger partial charge in [-0.2, -0.15) is 11.8 Å². The van der Waals surface area contributed by atoms with Crippen LogP contribution in [0.4, 0.5) is 10.1 Å². The van der Waals surface area contributed by atoms with Crippen molar-refractivity contribution in [2.75, 3.05) is 37.0 Å². The lowest BCUT2D eigenvalue weighted by molar-refractivity contribution is 0.0773. The van der Waals surface area contributed by atoms with Crippen LogP contribution in [0.2, 0.25) is 0 Å². The minimum atomic E-state index is -0.362. The minimum absolute atomic E-state index is 0.0773. The molecule has 0 bridgehead atoms. The van der Waals surface area contributed by atoms with E-state index in [0.717, 1.165) is 22.8 Å². The number of anilines is 1. The maximum atomic E-state index is 14.0. The smallest absolute Gasteiger partial charge is 0.257 e. The SMILES string of the molecule is COc1ccccc1CNc1c(C(=O)N2CCSCC2)cnc2ccc(F)cc12. The molecule has 150 valence electrons. The van der Waals surface area contributed by atoms with Crippen LogP contribution in [-0.2, 0) is 6.54 Å². The average Bonchev–Trinajstić information content (AvgIpc) is 2.77. The third kappa shape index (κ3) is 4.15. The topological polar surface area (TPSA) is 54.5 Å². The molecule has 1 fully saturated rings. The Hall–Kier alpha value is -2.80. The Morgan fingerprint density at radius 2 is 2.03 bits per heavy atom. The lowest BCUT2D eigenvalue weighted by Gasteiger charge is -2.27. The van der Waals surface area contributed by atoms with Crippen molar-refractivity contribution >= 4 is 34.3 Å². The van der Waals surface area contributed by atoms with Gasteiger partial charge in [-0.25, -0.2) is 4.39 Å². The first-order chi connectivity index (χ1) is 14.2. The lowest BCUT2D eigenvalue weighted by Crippen LogP contribution is -2.38. The third-order valence-corrected chi connectivity index (χ3v) is 5.95. The predicted molar refractivity (Wildman–Crippen MR) is 115 cm³/mol. The highest BCUT2D eigenvalue weighted by atomic mass is 32.2. The van der Waals surface area contributed by atoms with Gasteiger partial charge in [0.05, 0.1) is 23.9 Å². The van der Waals surface area contributed by atoms with Crippen LogP contribution in [0.3, 0.4) is 0 Å². The van der Waals surface area contributed by atoms with Crippen molar-refractivity contribution in [2.45, 2.75) is 6.54 Å².